The summed E-state index contributed by atoms with van der Waals surface area (Å²) < 4.78 is 0. The number of nitrogens with two attached hydrogens (primary N) is 1. The van der Waals surface area contributed by atoms with E-state index in [1.807, 2.05) is 24.1 Å². The first kappa shape index (κ1) is 14.7. The van der Waals surface area contributed by atoms with Gasteiger partial charge < -0.3 is 20.9 Å². The molecule has 1 heterocycles. The third-order valence-electron chi connectivity index (χ3n) is 4.03. The van der Waals surface area contributed by atoms with Crippen molar-refractivity contribution in [3.63, 3.8) is 0 Å². The number of nitrogens with one attached hydrogen (secondary N) is 1. The zero-order chi connectivity index (χ0) is 14.5. The van der Waals surface area contributed by atoms with Crippen LogP contribution in [0.1, 0.15) is 19.8 Å². The minimum Gasteiger partial charge on any atom is -0.399 e. The number of nitrogen functional groups attached to an aromatic ring is 1. The van der Waals surface area contributed by atoms with E-state index in [2.05, 4.69) is 17.1 Å². The van der Waals surface area contributed by atoms with Gasteiger partial charge in [-0.05, 0) is 43.7 Å². The predicted octanol–water partition coefficient (Wildman–Crippen LogP) is 2.22. The van der Waals surface area contributed by atoms with Gasteiger partial charge in [-0.2, -0.15) is 0 Å². The van der Waals surface area contributed by atoms with Gasteiger partial charge in [-0.15, -0.1) is 0 Å². The van der Waals surface area contributed by atoms with Crippen LogP contribution in [0.25, 0.3) is 0 Å². The molecule has 0 radical (unpaired) electrons. The van der Waals surface area contributed by atoms with E-state index in [-0.39, 0.29) is 6.03 Å². The number of piperidine rings is 1. The standard InChI is InChI=1S/C15H24N4O/c1-3-19-10-8-14(9-11-19)18(2)15(20)17-13-6-4-12(16)5-7-13/h4-7,14H,3,8-11,16H2,1-2H3,(H,17,20). The lowest BCUT2D eigenvalue weighted by molar-refractivity contribution is 0.145. The highest BCUT2D eigenvalue weighted by atomic mass is 16.2. The molecule has 5 nitrogen and oxygen atoms in total. The number of carbonyl (C=O) groups is 1. The number of nitrogens with zero attached hydrogens (tertiary/aromatic N) is 2. The van der Waals surface area contributed by atoms with Crippen LogP contribution >= 0.6 is 0 Å². The number of anilines is 2. The molecule has 0 aromatic heterocycles. The minimum absolute atomic E-state index is 0.0512. The largest absolute Gasteiger partial charge is 0.399 e. The van der Waals surface area contributed by atoms with Crippen molar-refractivity contribution in [1.82, 2.24) is 9.80 Å². The fourth-order valence-corrected chi connectivity index (χ4v) is 2.57. The summed E-state index contributed by atoms with van der Waals surface area (Å²) in [7, 11) is 1.87. The van der Waals surface area contributed by atoms with Crippen LogP contribution in [0.3, 0.4) is 0 Å². The Morgan fingerprint density at radius 2 is 1.95 bits per heavy atom. The second-order valence-electron chi connectivity index (χ2n) is 5.33. The highest BCUT2D eigenvalue weighted by Crippen LogP contribution is 2.17. The molecular formula is C15H24N4O. The highest BCUT2D eigenvalue weighted by Gasteiger charge is 2.24. The van der Waals surface area contributed by atoms with Crippen LogP contribution in [0.5, 0.6) is 0 Å². The summed E-state index contributed by atoms with van der Waals surface area (Å²) in [5, 5.41) is 2.91. The van der Waals surface area contributed by atoms with Crippen molar-refractivity contribution in [2.24, 2.45) is 0 Å². The number of hydrogen-bond acceptors (Lipinski definition) is 3. The second-order valence-corrected chi connectivity index (χ2v) is 5.33. The first-order valence-corrected chi connectivity index (χ1v) is 7.22. The van der Waals surface area contributed by atoms with Crippen molar-refractivity contribution >= 4 is 17.4 Å². The molecule has 110 valence electrons. The van der Waals surface area contributed by atoms with E-state index in [1.165, 1.54) is 0 Å². The Labute approximate surface area is 120 Å². The van der Waals surface area contributed by atoms with Crippen LogP contribution in [-0.4, -0.2) is 48.6 Å². The second kappa shape index (κ2) is 6.61. The Morgan fingerprint density at radius 3 is 2.50 bits per heavy atom. The zero-order valence-electron chi connectivity index (χ0n) is 12.3. The quantitative estimate of drug-likeness (QED) is 0.832. The lowest BCUT2D eigenvalue weighted by Crippen LogP contribution is -2.46. The Morgan fingerprint density at radius 1 is 1.35 bits per heavy atom. The summed E-state index contributed by atoms with van der Waals surface area (Å²) in [5.41, 5.74) is 7.11. The van der Waals surface area contributed by atoms with Gasteiger partial charge in [0.1, 0.15) is 0 Å². The Hall–Kier alpha value is -1.75. The van der Waals surface area contributed by atoms with Gasteiger partial charge in [0, 0.05) is 37.6 Å². The number of urea groups is 1. The molecule has 1 aliphatic heterocycles. The maximum Gasteiger partial charge on any atom is 0.321 e. The molecule has 2 rings (SSSR count). The van der Waals surface area contributed by atoms with E-state index < -0.39 is 0 Å². The Kier molecular flexibility index (Phi) is 4.84. The van der Waals surface area contributed by atoms with Gasteiger partial charge in [0.15, 0.2) is 0 Å². The van der Waals surface area contributed by atoms with E-state index in [1.54, 1.807) is 12.1 Å². The van der Waals surface area contributed by atoms with Crippen molar-refractivity contribution in [1.29, 1.82) is 0 Å². The average Bonchev–Trinajstić information content (AvgIpc) is 2.49. The summed E-state index contributed by atoms with van der Waals surface area (Å²) in [6, 6.07) is 7.49. The molecule has 0 bridgehead atoms. The fourth-order valence-electron chi connectivity index (χ4n) is 2.57. The monoisotopic (exact) mass is 276 g/mol. The van der Waals surface area contributed by atoms with Gasteiger partial charge >= 0.3 is 6.03 Å². The van der Waals surface area contributed by atoms with Gasteiger partial charge in [-0.1, -0.05) is 6.92 Å². The Bertz CT molecular complexity index is 438. The molecule has 0 atom stereocenters. The normalized spacial score (nSPS) is 16.9. The molecular weight excluding hydrogens is 252 g/mol. The topological polar surface area (TPSA) is 61.6 Å². The maximum atomic E-state index is 12.2. The number of rotatable bonds is 3. The number of benzene rings is 1. The van der Waals surface area contributed by atoms with Gasteiger partial charge in [-0.25, -0.2) is 4.79 Å². The highest BCUT2D eigenvalue weighted by molar-refractivity contribution is 5.89. The minimum atomic E-state index is -0.0512. The molecule has 0 spiro atoms. The molecule has 1 fully saturated rings. The van der Waals surface area contributed by atoms with Gasteiger partial charge in [0.25, 0.3) is 0 Å². The van der Waals surface area contributed by atoms with Gasteiger partial charge in [-0.3, -0.25) is 0 Å². The SMILES string of the molecule is CCN1CCC(N(C)C(=O)Nc2ccc(N)cc2)CC1. The van der Waals surface area contributed by atoms with Crippen LogP contribution < -0.4 is 11.1 Å². The van der Waals surface area contributed by atoms with E-state index in [0.717, 1.165) is 38.2 Å². The van der Waals surface area contributed by atoms with E-state index in [9.17, 15) is 4.79 Å². The molecule has 20 heavy (non-hydrogen) atoms. The van der Waals surface area contributed by atoms with Crippen molar-refractivity contribution in [3.05, 3.63) is 24.3 Å². The maximum absolute atomic E-state index is 12.2. The van der Waals surface area contributed by atoms with Crippen molar-refractivity contribution < 1.29 is 4.79 Å². The molecule has 5 heteroatoms. The van der Waals surface area contributed by atoms with Crippen LogP contribution in [0.2, 0.25) is 0 Å². The van der Waals surface area contributed by atoms with E-state index in [4.69, 9.17) is 5.73 Å². The third kappa shape index (κ3) is 3.63. The lowest BCUT2D eigenvalue weighted by Gasteiger charge is -2.36. The summed E-state index contributed by atoms with van der Waals surface area (Å²) >= 11 is 0. The first-order valence-electron chi connectivity index (χ1n) is 7.22. The number of hydrogen-bond donors (Lipinski definition) is 2. The molecule has 3 N–H and O–H groups in total. The van der Waals surface area contributed by atoms with Crippen LogP contribution in [0.15, 0.2) is 24.3 Å². The lowest BCUT2D eigenvalue weighted by atomic mass is 10.0. The summed E-state index contributed by atoms with van der Waals surface area (Å²) in [6.07, 6.45) is 2.08. The summed E-state index contributed by atoms with van der Waals surface area (Å²) in [6.45, 7) is 5.41. The molecule has 1 aromatic carbocycles. The number of amides is 2. The molecule has 0 saturated carbocycles. The van der Waals surface area contributed by atoms with Gasteiger partial charge in [0.2, 0.25) is 0 Å². The number of likely N-dealkylation sites (tertiary alicyclic amines) is 1. The smallest absolute Gasteiger partial charge is 0.321 e. The third-order valence-corrected chi connectivity index (χ3v) is 4.03. The van der Waals surface area contributed by atoms with Crippen LogP contribution in [0.4, 0.5) is 16.2 Å². The molecule has 1 aromatic rings. The average molecular weight is 276 g/mol. The van der Waals surface area contributed by atoms with Crippen molar-refractivity contribution in [3.8, 4) is 0 Å². The van der Waals surface area contributed by atoms with Gasteiger partial charge in [0.05, 0.1) is 0 Å². The first-order chi connectivity index (χ1) is 9.60. The molecule has 2 amide bonds. The van der Waals surface area contributed by atoms with Crippen LogP contribution in [-0.2, 0) is 0 Å². The predicted molar refractivity (Wildman–Crippen MR) is 82.8 cm³/mol. The fraction of sp³-hybridized carbons (Fsp3) is 0.533. The molecule has 0 aliphatic carbocycles. The Balaban J connectivity index is 1.87. The molecule has 0 unspecified atom stereocenters. The van der Waals surface area contributed by atoms with Crippen molar-refractivity contribution in [2.75, 3.05) is 37.7 Å². The molecule has 1 aliphatic rings. The van der Waals surface area contributed by atoms with E-state index >= 15 is 0 Å². The van der Waals surface area contributed by atoms with Crippen LogP contribution in [0, 0.1) is 0 Å². The zero-order valence-corrected chi connectivity index (χ0v) is 12.3. The van der Waals surface area contributed by atoms with E-state index in [0.29, 0.717) is 11.7 Å². The summed E-state index contributed by atoms with van der Waals surface area (Å²) in [5.74, 6) is 0. The summed E-state index contributed by atoms with van der Waals surface area (Å²) in [4.78, 5) is 16.5. The number of carbonyl (C=O) groups excluding carboxylic acids is 1. The molecule has 1 saturated heterocycles. The van der Waals surface area contributed by atoms with Crippen molar-refractivity contribution in [2.45, 2.75) is 25.8 Å².